The van der Waals surface area contributed by atoms with E-state index in [1.165, 1.54) is 55.2 Å². The summed E-state index contributed by atoms with van der Waals surface area (Å²) in [6, 6.07) is 73.3. The summed E-state index contributed by atoms with van der Waals surface area (Å²) in [7, 11) is 0. The van der Waals surface area contributed by atoms with Gasteiger partial charge in [-0.3, -0.25) is 0 Å². The highest BCUT2D eigenvalue weighted by molar-refractivity contribution is 6.09. The maximum Gasteiger partial charge on any atom is 0.160 e. The highest BCUT2D eigenvalue weighted by Crippen LogP contribution is 2.35. The summed E-state index contributed by atoms with van der Waals surface area (Å²) < 4.78 is 2.34. The first-order chi connectivity index (χ1) is 30.1. The second-order valence-corrected chi connectivity index (χ2v) is 14.8. The van der Waals surface area contributed by atoms with Gasteiger partial charge in [-0.15, -0.1) is 6.58 Å². The van der Waals surface area contributed by atoms with E-state index in [0.717, 1.165) is 39.3 Å². The normalized spacial score (nSPS) is 10.7. The van der Waals surface area contributed by atoms with Crippen molar-refractivity contribution in [3.63, 3.8) is 0 Å². The summed E-state index contributed by atoms with van der Waals surface area (Å²) in [6.07, 6.45) is 1.75. The first-order valence-corrected chi connectivity index (χ1v) is 21.1. The zero-order valence-corrected chi connectivity index (χ0v) is 35.3. The molecule has 0 saturated carbocycles. The molecule has 296 valence electrons. The molecule has 0 bridgehead atoms. The predicted octanol–water partition coefficient (Wildman–Crippen LogP) is 16.1. The van der Waals surface area contributed by atoms with Crippen molar-refractivity contribution >= 4 is 21.8 Å². The lowest BCUT2D eigenvalue weighted by Gasteiger charge is -2.13. The van der Waals surface area contributed by atoms with E-state index >= 15 is 0 Å². The van der Waals surface area contributed by atoms with Gasteiger partial charge >= 0.3 is 0 Å². The number of hydrogen-bond donors (Lipinski definition) is 0. The third-order valence-electron chi connectivity index (χ3n) is 10.7. The molecule has 10 rings (SSSR count). The Hall–Kier alpha value is -7.62. The van der Waals surface area contributed by atoms with E-state index in [-0.39, 0.29) is 0 Å². The molecule has 0 spiro atoms. The first kappa shape index (κ1) is 40.2. The van der Waals surface area contributed by atoms with Crippen molar-refractivity contribution in [2.75, 3.05) is 0 Å². The molecule has 2 heterocycles. The van der Waals surface area contributed by atoms with Crippen LogP contribution in [0.5, 0.6) is 0 Å². The minimum atomic E-state index is 0.683. The number of benzene rings is 8. The van der Waals surface area contributed by atoms with Gasteiger partial charge in [0.2, 0.25) is 0 Å². The minimum Gasteiger partial charge on any atom is -0.309 e. The van der Waals surface area contributed by atoms with Crippen LogP contribution in [-0.2, 0) is 0 Å². The fourth-order valence-corrected chi connectivity index (χ4v) is 7.86. The Bertz CT molecular complexity index is 3010. The van der Waals surface area contributed by atoms with Crippen LogP contribution in [0.4, 0.5) is 0 Å². The third kappa shape index (κ3) is 8.59. The molecule has 8 aromatic carbocycles. The number of hydrogen-bond acceptors (Lipinski definition) is 2. The van der Waals surface area contributed by atoms with E-state index in [1.807, 2.05) is 20.8 Å². The standard InChI is InChI=1S/C53H37N3.C3H6.C2H6/c1-36-12-9-15-42(32-36)38-24-28-40(29-25-38)49-35-50(41-30-26-39(27-31-41)44-17-10-16-43(33-44)37-13-3-2-4-14-37)55-53(54-49)45-18-11-19-46(34-45)56-51-22-7-5-20-47(51)48-21-6-8-23-52(48)56;1-3-2;1-2/h2-35H,1H3;3H,1H2,2H3;1-2H3. The van der Waals surface area contributed by atoms with Gasteiger partial charge in [-0.1, -0.05) is 195 Å². The van der Waals surface area contributed by atoms with E-state index in [4.69, 9.17) is 9.97 Å². The Morgan fingerprint density at radius 1 is 0.393 bits per heavy atom. The van der Waals surface area contributed by atoms with Crippen LogP contribution >= 0.6 is 0 Å². The van der Waals surface area contributed by atoms with Crippen LogP contribution in [0.1, 0.15) is 26.3 Å². The van der Waals surface area contributed by atoms with Gasteiger partial charge in [0.1, 0.15) is 0 Å². The van der Waals surface area contributed by atoms with Crippen LogP contribution < -0.4 is 0 Å². The summed E-state index contributed by atoms with van der Waals surface area (Å²) in [5.41, 5.74) is 16.6. The van der Waals surface area contributed by atoms with Crippen LogP contribution in [0.15, 0.2) is 219 Å². The molecule has 10 aromatic rings. The van der Waals surface area contributed by atoms with Crippen molar-refractivity contribution in [1.82, 2.24) is 14.5 Å². The van der Waals surface area contributed by atoms with Crippen molar-refractivity contribution in [3.05, 3.63) is 224 Å². The number of allylic oxidation sites excluding steroid dienone is 1. The van der Waals surface area contributed by atoms with Crippen LogP contribution in [0.25, 0.3) is 94.8 Å². The van der Waals surface area contributed by atoms with Gasteiger partial charge in [0.25, 0.3) is 0 Å². The monoisotopic (exact) mass is 787 g/mol. The van der Waals surface area contributed by atoms with Crippen molar-refractivity contribution in [1.29, 1.82) is 0 Å². The molecule has 3 nitrogen and oxygen atoms in total. The molecule has 0 atom stereocenters. The summed E-state index contributed by atoms with van der Waals surface area (Å²) >= 11 is 0. The Kier molecular flexibility index (Phi) is 12.2. The molecule has 0 aliphatic carbocycles. The fraction of sp³-hybridized carbons (Fsp3) is 0.0690. The van der Waals surface area contributed by atoms with Crippen LogP contribution in [0, 0.1) is 6.92 Å². The van der Waals surface area contributed by atoms with Gasteiger partial charge in [0.05, 0.1) is 22.4 Å². The molecule has 3 heteroatoms. The molecule has 0 saturated heterocycles. The van der Waals surface area contributed by atoms with Crippen molar-refractivity contribution in [3.8, 4) is 73.0 Å². The largest absolute Gasteiger partial charge is 0.309 e. The lowest BCUT2D eigenvalue weighted by Crippen LogP contribution is -1.98. The molecule has 61 heavy (non-hydrogen) atoms. The zero-order chi connectivity index (χ0) is 42.1. The third-order valence-corrected chi connectivity index (χ3v) is 10.7. The molecule has 2 aromatic heterocycles. The zero-order valence-electron chi connectivity index (χ0n) is 35.3. The fourth-order valence-electron chi connectivity index (χ4n) is 7.86. The minimum absolute atomic E-state index is 0.683. The highest BCUT2D eigenvalue weighted by atomic mass is 15.0. The average molecular weight is 788 g/mol. The van der Waals surface area contributed by atoms with Crippen molar-refractivity contribution < 1.29 is 0 Å². The van der Waals surface area contributed by atoms with Gasteiger partial charge in [-0.05, 0) is 83.6 Å². The molecule has 0 radical (unpaired) electrons. The van der Waals surface area contributed by atoms with Crippen LogP contribution in [0.2, 0.25) is 0 Å². The Labute approximate surface area is 360 Å². The second-order valence-electron chi connectivity index (χ2n) is 14.8. The number of aryl methyl sites for hydroxylation is 1. The SMILES string of the molecule is C=CC.CC.Cc1cccc(-c2ccc(-c3cc(-c4ccc(-c5cccc(-c6ccccc6)c5)cc4)nc(-c4cccc(-n5c6ccccc6c6ccccc65)c4)n3)cc2)c1. The summed E-state index contributed by atoms with van der Waals surface area (Å²) in [4.78, 5) is 10.5. The van der Waals surface area contributed by atoms with E-state index in [9.17, 15) is 0 Å². The smallest absolute Gasteiger partial charge is 0.160 e. The van der Waals surface area contributed by atoms with Crippen LogP contribution in [0.3, 0.4) is 0 Å². The number of rotatable bonds is 7. The van der Waals surface area contributed by atoms with E-state index in [2.05, 4.69) is 224 Å². The number of fused-ring (bicyclic) bond motifs is 3. The first-order valence-electron chi connectivity index (χ1n) is 21.1. The topological polar surface area (TPSA) is 30.7 Å². The van der Waals surface area contributed by atoms with Gasteiger partial charge in [0, 0.05) is 33.2 Å². The lowest BCUT2D eigenvalue weighted by molar-refractivity contribution is 1.16. The second kappa shape index (κ2) is 18.5. The predicted molar refractivity (Wildman–Crippen MR) is 261 cm³/mol. The van der Waals surface area contributed by atoms with Gasteiger partial charge in [-0.25, -0.2) is 9.97 Å². The van der Waals surface area contributed by atoms with Crippen molar-refractivity contribution in [2.24, 2.45) is 0 Å². The van der Waals surface area contributed by atoms with Gasteiger partial charge in [-0.2, -0.15) is 0 Å². The quantitative estimate of drug-likeness (QED) is 0.151. The molecule has 0 fully saturated rings. The molecule has 0 aliphatic rings. The van der Waals surface area contributed by atoms with Gasteiger partial charge < -0.3 is 4.57 Å². The Morgan fingerprint density at radius 3 is 1.34 bits per heavy atom. The van der Waals surface area contributed by atoms with E-state index < -0.39 is 0 Å². The summed E-state index contributed by atoms with van der Waals surface area (Å²) in [5, 5.41) is 2.47. The van der Waals surface area contributed by atoms with Crippen LogP contribution in [-0.4, -0.2) is 14.5 Å². The Balaban J connectivity index is 0.000000986. The molecule has 0 unspecified atom stereocenters. The summed E-state index contributed by atoms with van der Waals surface area (Å²) in [6.45, 7) is 11.4. The van der Waals surface area contributed by atoms with E-state index in [0.29, 0.717) is 5.82 Å². The number of para-hydroxylation sites is 2. The maximum atomic E-state index is 5.26. The molecule has 0 N–H and O–H groups in total. The van der Waals surface area contributed by atoms with E-state index in [1.54, 1.807) is 6.08 Å². The molecule has 0 aliphatic heterocycles. The van der Waals surface area contributed by atoms with Gasteiger partial charge in [0.15, 0.2) is 5.82 Å². The molecular formula is C58H49N3. The molecular weight excluding hydrogens is 739 g/mol. The van der Waals surface area contributed by atoms with Crippen molar-refractivity contribution in [2.45, 2.75) is 27.7 Å². The lowest BCUT2D eigenvalue weighted by atomic mass is 9.97. The number of nitrogens with zero attached hydrogens (tertiary/aromatic N) is 3. The Morgan fingerprint density at radius 2 is 0.803 bits per heavy atom. The summed E-state index contributed by atoms with van der Waals surface area (Å²) in [5.74, 6) is 0.683. The maximum absolute atomic E-state index is 5.26. The highest BCUT2D eigenvalue weighted by Gasteiger charge is 2.15. The average Bonchev–Trinajstić information content (AvgIpc) is 3.67. The molecule has 0 amide bonds. The number of aromatic nitrogens is 3.